The summed E-state index contributed by atoms with van der Waals surface area (Å²) < 4.78 is 4.98. The number of nitrogens with zero attached hydrogens (tertiary/aromatic N) is 1. The summed E-state index contributed by atoms with van der Waals surface area (Å²) in [5.41, 5.74) is 0.673. The largest absolute Gasteiger partial charge is 0.426 e. The number of esters is 1. The Morgan fingerprint density at radius 2 is 2.00 bits per heavy atom. The van der Waals surface area contributed by atoms with Gasteiger partial charge in [0.25, 0.3) is 0 Å². The quantitative estimate of drug-likeness (QED) is 0.520. The summed E-state index contributed by atoms with van der Waals surface area (Å²) in [6, 6.07) is 4.56. The summed E-state index contributed by atoms with van der Waals surface area (Å²) in [5.74, 6) is -1.17. The molecule has 2 aromatic rings. The van der Waals surface area contributed by atoms with E-state index in [0.29, 0.717) is 0 Å². The van der Waals surface area contributed by atoms with Crippen LogP contribution in [0.25, 0.3) is 0 Å². The first kappa shape index (κ1) is 11.3. The highest BCUT2D eigenvalue weighted by Gasteiger charge is 2.34. The van der Waals surface area contributed by atoms with E-state index >= 15 is 0 Å². The number of rotatable bonds is 1. The van der Waals surface area contributed by atoms with Crippen molar-refractivity contribution in [1.29, 1.82) is 0 Å². The van der Waals surface area contributed by atoms with Crippen LogP contribution in [0.3, 0.4) is 0 Å². The Labute approximate surface area is 107 Å². The number of carbonyl (C=O) groups is 3. The zero-order valence-corrected chi connectivity index (χ0v) is 9.89. The van der Waals surface area contributed by atoms with Crippen molar-refractivity contribution in [2.45, 2.75) is 6.92 Å². The first-order valence-corrected chi connectivity index (χ1v) is 5.54. The average Bonchev–Trinajstić information content (AvgIpc) is 2.84. The predicted octanol–water partition coefficient (Wildman–Crippen LogP) is 1.11. The molecule has 0 spiro atoms. The van der Waals surface area contributed by atoms with Crippen LogP contribution in [0, 0.1) is 0 Å². The van der Waals surface area contributed by atoms with Gasteiger partial charge in [-0.2, -0.15) is 5.10 Å². The minimum absolute atomic E-state index is 0.0928. The van der Waals surface area contributed by atoms with Crippen LogP contribution in [0.2, 0.25) is 0 Å². The number of benzene rings is 1. The van der Waals surface area contributed by atoms with E-state index in [2.05, 4.69) is 10.2 Å². The molecule has 1 aliphatic carbocycles. The number of hydrogen-bond donors (Lipinski definition) is 1. The van der Waals surface area contributed by atoms with Gasteiger partial charge in [0, 0.05) is 12.5 Å². The smallest absolute Gasteiger partial charge is 0.308 e. The van der Waals surface area contributed by atoms with Crippen molar-refractivity contribution in [3.05, 3.63) is 46.8 Å². The molecule has 6 nitrogen and oxygen atoms in total. The fourth-order valence-corrected chi connectivity index (χ4v) is 2.10. The van der Waals surface area contributed by atoms with Crippen molar-refractivity contribution in [2.75, 3.05) is 0 Å². The van der Waals surface area contributed by atoms with E-state index in [1.165, 1.54) is 25.3 Å². The molecule has 19 heavy (non-hydrogen) atoms. The third-order valence-electron chi connectivity index (χ3n) is 2.86. The lowest BCUT2D eigenvalue weighted by Crippen LogP contribution is -2.21. The van der Waals surface area contributed by atoms with Gasteiger partial charge in [-0.05, 0) is 12.1 Å². The molecular weight excluding hydrogens is 248 g/mol. The molecule has 1 aromatic carbocycles. The van der Waals surface area contributed by atoms with E-state index in [1.54, 1.807) is 6.07 Å². The molecule has 3 rings (SSSR count). The zero-order valence-electron chi connectivity index (χ0n) is 9.89. The summed E-state index contributed by atoms with van der Waals surface area (Å²) in [6.07, 6.45) is 1.29. The number of ketones is 2. The Hall–Kier alpha value is -2.76. The molecule has 1 aromatic heterocycles. The van der Waals surface area contributed by atoms with Gasteiger partial charge in [-0.15, -0.1) is 0 Å². The van der Waals surface area contributed by atoms with Crippen LogP contribution in [-0.2, 0) is 4.79 Å². The Balaban J connectivity index is 2.24. The van der Waals surface area contributed by atoms with E-state index in [0.717, 1.165) is 0 Å². The molecule has 0 amide bonds. The van der Waals surface area contributed by atoms with E-state index in [4.69, 9.17) is 4.74 Å². The van der Waals surface area contributed by atoms with Crippen molar-refractivity contribution in [3.8, 4) is 5.75 Å². The van der Waals surface area contributed by atoms with E-state index in [1.807, 2.05) is 0 Å². The summed E-state index contributed by atoms with van der Waals surface area (Å²) in [4.78, 5) is 35.5. The highest BCUT2D eigenvalue weighted by atomic mass is 16.5. The lowest BCUT2D eigenvalue weighted by Gasteiger charge is -2.16. The number of H-pyrrole nitrogens is 1. The van der Waals surface area contributed by atoms with Crippen LogP contribution in [-0.4, -0.2) is 27.7 Å². The number of hydrogen-bond acceptors (Lipinski definition) is 5. The Kier molecular flexibility index (Phi) is 2.31. The maximum Gasteiger partial charge on any atom is 0.308 e. The molecule has 0 saturated heterocycles. The summed E-state index contributed by atoms with van der Waals surface area (Å²) in [7, 11) is 0. The van der Waals surface area contributed by atoms with Gasteiger partial charge >= 0.3 is 5.97 Å². The molecule has 0 atom stereocenters. The number of fused-ring (bicyclic) bond motifs is 2. The third kappa shape index (κ3) is 1.57. The number of aromatic amines is 1. The first-order chi connectivity index (χ1) is 9.09. The van der Waals surface area contributed by atoms with Gasteiger partial charge in [0.15, 0.2) is 0 Å². The van der Waals surface area contributed by atoms with Gasteiger partial charge in [0.1, 0.15) is 11.4 Å². The Bertz CT molecular complexity index is 730. The van der Waals surface area contributed by atoms with Crippen LogP contribution >= 0.6 is 0 Å². The fraction of sp³-hybridized carbons (Fsp3) is 0.0769. The number of nitrogens with one attached hydrogen (secondary N) is 1. The SMILES string of the molecule is CC(=O)Oc1cccc2c1C(=O)c1cn[nH]c1C2=O. The molecule has 1 N–H and O–H groups in total. The lowest BCUT2D eigenvalue weighted by molar-refractivity contribution is -0.131. The van der Waals surface area contributed by atoms with Gasteiger partial charge in [0.2, 0.25) is 11.6 Å². The Morgan fingerprint density at radius 3 is 2.74 bits per heavy atom. The summed E-state index contributed by atoms with van der Waals surface area (Å²) >= 11 is 0. The maximum absolute atomic E-state index is 12.3. The predicted molar refractivity (Wildman–Crippen MR) is 63.2 cm³/mol. The highest BCUT2D eigenvalue weighted by molar-refractivity contribution is 6.28. The second-order valence-electron chi connectivity index (χ2n) is 4.09. The number of ether oxygens (including phenoxy) is 1. The number of aromatic nitrogens is 2. The first-order valence-electron chi connectivity index (χ1n) is 5.54. The molecule has 6 heteroatoms. The standard InChI is InChI=1S/C13H8N2O4/c1-6(16)19-9-4-2-3-7-10(9)12(17)8-5-14-15-11(8)13(7)18/h2-5H,1H3,(H,14,15). The molecule has 0 unspecified atom stereocenters. The van der Waals surface area contributed by atoms with Crippen molar-refractivity contribution in [3.63, 3.8) is 0 Å². The van der Waals surface area contributed by atoms with E-state index in [-0.39, 0.29) is 39.7 Å². The van der Waals surface area contributed by atoms with E-state index < -0.39 is 5.97 Å². The molecule has 0 fully saturated rings. The van der Waals surface area contributed by atoms with Crippen LogP contribution in [0.15, 0.2) is 24.4 Å². The molecule has 0 saturated carbocycles. The van der Waals surface area contributed by atoms with E-state index in [9.17, 15) is 14.4 Å². The van der Waals surface area contributed by atoms with Gasteiger partial charge in [-0.1, -0.05) is 6.07 Å². The van der Waals surface area contributed by atoms with Gasteiger partial charge in [-0.3, -0.25) is 19.5 Å². The second kappa shape index (κ2) is 3.88. The maximum atomic E-state index is 12.3. The second-order valence-corrected chi connectivity index (χ2v) is 4.09. The van der Waals surface area contributed by atoms with Gasteiger partial charge in [-0.25, -0.2) is 0 Å². The lowest BCUT2D eigenvalue weighted by atomic mass is 9.88. The minimum Gasteiger partial charge on any atom is -0.426 e. The molecule has 1 heterocycles. The van der Waals surface area contributed by atoms with Crippen LogP contribution in [0.5, 0.6) is 5.75 Å². The van der Waals surface area contributed by atoms with Gasteiger partial charge < -0.3 is 4.74 Å². The average molecular weight is 256 g/mol. The highest BCUT2D eigenvalue weighted by Crippen LogP contribution is 2.32. The number of carbonyl (C=O) groups excluding carboxylic acids is 3. The van der Waals surface area contributed by atoms with Crippen molar-refractivity contribution in [2.24, 2.45) is 0 Å². The Morgan fingerprint density at radius 1 is 1.21 bits per heavy atom. The van der Waals surface area contributed by atoms with Crippen molar-refractivity contribution < 1.29 is 19.1 Å². The van der Waals surface area contributed by atoms with Crippen molar-refractivity contribution >= 4 is 17.5 Å². The molecule has 0 aliphatic heterocycles. The molecule has 0 radical (unpaired) electrons. The zero-order chi connectivity index (χ0) is 13.6. The molecule has 0 bridgehead atoms. The molecular formula is C13H8N2O4. The molecule has 1 aliphatic rings. The summed E-state index contributed by atoms with van der Waals surface area (Å²) in [6.45, 7) is 1.23. The minimum atomic E-state index is -0.549. The monoisotopic (exact) mass is 256 g/mol. The topological polar surface area (TPSA) is 89.1 Å². The van der Waals surface area contributed by atoms with Crippen LogP contribution in [0.4, 0.5) is 0 Å². The molecule has 94 valence electrons. The van der Waals surface area contributed by atoms with Crippen LogP contribution in [0.1, 0.15) is 38.9 Å². The normalized spacial score (nSPS) is 12.9. The third-order valence-corrected chi connectivity index (χ3v) is 2.86. The fourth-order valence-electron chi connectivity index (χ4n) is 2.10. The van der Waals surface area contributed by atoms with Crippen molar-refractivity contribution in [1.82, 2.24) is 10.2 Å². The van der Waals surface area contributed by atoms with Crippen LogP contribution < -0.4 is 4.74 Å². The van der Waals surface area contributed by atoms with Gasteiger partial charge in [0.05, 0.1) is 17.3 Å². The summed E-state index contributed by atoms with van der Waals surface area (Å²) in [5, 5.41) is 6.21.